The van der Waals surface area contributed by atoms with Gasteiger partial charge in [-0.15, -0.1) is 0 Å². The van der Waals surface area contributed by atoms with Crippen LogP contribution < -0.4 is 20.8 Å². The molecular weight excluding hydrogens is 362 g/mol. The Hall–Kier alpha value is -3.75. The van der Waals surface area contributed by atoms with Crippen LogP contribution in [0.2, 0.25) is 0 Å². The van der Waals surface area contributed by atoms with E-state index < -0.39 is 11.8 Å². The number of nitrogens with one attached hydrogen (secondary N) is 3. The van der Waals surface area contributed by atoms with Crippen molar-refractivity contribution >= 4 is 29.1 Å². The van der Waals surface area contributed by atoms with Gasteiger partial charge in [-0.05, 0) is 30.7 Å². The van der Waals surface area contributed by atoms with Crippen molar-refractivity contribution in [2.75, 3.05) is 12.4 Å². The highest BCUT2D eigenvalue weighted by molar-refractivity contribution is 6.39. The maximum absolute atomic E-state index is 11.9. The Balaban J connectivity index is 1.80. The van der Waals surface area contributed by atoms with Crippen molar-refractivity contribution in [3.05, 3.63) is 54.4 Å². The molecule has 0 saturated heterocycles. The summed E-state index contributed by atoms with van der Waals surface area (Å²) >= 11 is 0. The minimum Gasteiger partial charge on any atom is -0.495 e. The molecule has 1 aromatic carbocycles. The number of nitrogens with zero attached hydrogens (tertiary/aromatic N) is 2. The van der Waals surface area contributed by atoms with Crippen LogP contribution in [0.25, 0.3) is 0 Å². The van der Waals surface area contributed by atoms with E-state index in [4.69, 9.17) is 4.74 Å². The van der Waals surface area contributed by atoms with Gasteiger partial charge in [0.1, 0.15) is 5.75 Å². The molecule has 9 heteroatoms. The number of rotatable bonds is 7. The van der Waals surface area contributed by atoms with Gasteiger partial charge < -0.3 is 15.4 Å². The van der Waals surface area contributed by atoms with Gasteiger partial charge in [0.2, 0.25) is 5.91 Å². The molecule has 0 radical (unpaired) electrons. The molecule has 2 aromatic rings. The van der Waals surface area contributed by atoms with Crippen LogP contribution in [0.5, 0.6) is 5.75 Å². The van der Waals surface area contributed by atoms with Crippen molar-refractivity contribution < 1.29 is 19.1 Å². The van der Waals surface area contributed by atoms with Gasteiger partial charge in [-0.25, -0.2) is 5.43 Å². The topological polar surface area (TPSA) is 122 Å². The Kier molecular flexibility index (Phi) is 7.64. The Morgan fingerprint density at radius 3 is 2.61 bits per heavy atom. The van der Waals surface area contributed by atoms with Gasteiger partial charge in [0.05, 0.1) is 19.2 Å². The zero-order chi connectivity index (χ0) is 20.4. The van der Waals surface area contributed by atoms with Gasteiger partial charge in [0.15, 0.2) is 0 Å². The van der Waals surface area contributed by atoms with E-state index >= 15 is 0 Å². The Labute approximate surface area is 162 Å². The second-order valence-corrected chi connectivity index (χ2v) is 5.76. The number of carbonyl (C=O) groups is 3. The van der Waals surface area contributed by atoms with Crippen molar-refractivity contribution in [3.8, 4) is 5.75 Å². The zero-order valence-electron chi connectivity index (χ0n) is 15.6. The second kappa shape index (κ2) is 10.4. The molecule has 0 aliphatic heterocycles. The van der Waals surface area contributed by atoms with E-state index in [2.05, 4.69) is 26.1 Å². The van der Waals surface area contributed by atoms with Crippen LogP contribution in [-0.2, 0) is 20.9 Å². The first-order valence-corrected chi connectivity index (χ1v) is 8.42. The molecule has 28 heavy (non-hydrogen) atoms. The second-order valence-electron chi connectivity index (χ2n) is 5.76. The number of benzene rings is 1. The molecule has 0 spiro atoms. The van der Waals surface area contributed by atoms with E-state index in [-0.39, 0.29) is 12.3 Å². The summed E-state index contributed by atoms with van der Waals surface area (Å²) in [4.78, 5) is 39.7. The normalized spacial score (nSPS) is 10.7. The minimum atomic E-state index is -0.957. The van der Waals surface area contributed by atoms with Crippen LogP contribution in [0.15, 0.2) is 53.9 Å². The number of methoxy groups -OCH3 is 1. The summed E-state index contributed by atoms with van der Waals surface area (Å²) in [5.41, 5.74) is 3.70. The average Bonchev–Trinajstić information content (AvgIpc) is 2.71. The number of hydrogen-bond acceptors (Lipinski definition) is 6. The molecule has 1 aromatic heterocycles. The molecule has 0 atom stereocenters. The number of pyridine rings is 1. The number of ether oxygens (including phenoxy) is 1. The van der Waals surface area contributed by atoms with Crippen LogP contribution in [0.4, 0.5) is 5.69 Å². The molecule has 146 valence electrons. The SMILES string of the molecule is COc1ccccc1NC(=O)C(=O)N/N=C(\C)CC(=O)NCc1cccnc1. The van der Waals surface area contributed by atoms with Crippen molar-refractivity contribution in [1.29, 1.82) is 0 Å². The average molecular weight is 383 g/mol. The highest BCUT2D eigenvalue weighted by atomic mass is 16.5. The monoisotopic (exact) mass is 383 g/mol. The van der Waals surface area contributed by atoms with Crippen molar-refractivity contribution in [2.24, 2.45) is 5.10 Å². The van der Waals surface area contributed by atoms with E-state index in [1.54, 1.807) is 49.6 Å². The summed E-state index contributed by atoms with van der Waals surface area (Å²) in [7, 11) is 1.46. The molecule has 0 bridgehead atoms. The van der Waals surface area contributed by atoms with E-state index in [0.29, 0.717) is 23.7 Å². The highest BCUT2D eigenvalue weighted by Gasteiger charge is 2.15. The zero-order valence-corrected chi connectivity index (χ0v) is 15.6. The maximum Gasteiger partial charge on any atom is 0.329 e. The van der Waals surface area contributed by atoms with Gasteiger partial charge >= 0.3 is 11.8 Å². The fourth-order valence-electron chi connectivity index (χ4n) is 2.16. The molecule has 0 aliphatic rings. The largest absolute Gasteiger partial charge is 0.495 e. The third kappa shape index (κ3) is 6.52. The number of carbonyl (C=O) groups excluding carboxylic acids is 3. The van der Waals surface area contributed by atoms with Crippen molar-refractivity contribution in [1.82, 2.24) is 15.7 Å². The quantitative estimate of drug-likeness (QED) is 0.377. The van der Waals surface area contributed by atoms with Crippen LogP contribution >= 0.6 is 0 Å². The first-order chi connectivity index (χ1) is 13.5. The third-order valence-electron chi connectivity index (χ3n) is 3.54. The number of hydrogen-bond donors (Lipinski definition) is 3. The molecule has 1 heterocycles. The fourth-order valence-corrected chi connectivity index (χ4v) is 2.16. The first kappa shape index (κ1) is 20.6. The summed E-state index contributed by atoms with van der Waals surface area (Å²) in [6, 6.07) is 10.3. The summed E-state index contributed by atoms with van der Waals surface area (Å²) in [6.45, 7) is 1.91. The molecule has 0 saturated carbocycles. The van der Waals surface area contributed by atoms with E-state index in [9.17, 15) is 14.4 Å². The van der Waals surface area contributed by atoms with Gasteiger partial charge in [-0.1, -0.05) is 18.2 Å². The van der Waals surface area contributed by atoms with Crippen LogP contribution in [0.3, 0.4) is 0 Å². The van der Waals surface area contributed by atoms with Crippen LogP contribution in [0, 0.1) is 0 Å². The lowest BCUT2D eigenvalue weighted by Crippen LogP contribution is -2.33. The molecular formula is C19H21N5O4. The molecule has 9 nitrogen and oxygen atoms in total. The molecule has 0 unspecified atom stereocenters. The highest BCUT2D eigenvalue weighted by Crippen LogP contribution is 2.22. The molecule has 0 fully saturated rings. The van der Waals surface area contributed by atoms with E-state index in [1.807, 2.05) is 6.07 Å². The summed E-state index contributed by atoms with van der Waals surface area (Å²) in [5, 5.41) is 8.93. The Morgan fingerprint density at radius 1 is 1.11 bits per heavy atom. The minimum absolute atomic E-state index is 0.0192. The maximum atomic E-state index is 11.9. The molecule has 2 rings (SSSR count). The summed E-state index contributed by atoms with van der Waals surface area (Å²) in [6.07, 6.45) is 3.28. The third-order valence-corrected chi connectivity index (χ3v) is 3.54. The van der Waals surface area contributed by atoms with Crippen LogP contribution in [-0.4, -0.2) is 35.5 Å². The number of hydrazone groups is 1. The van der Waals surface area contributed by atoms with Gasteiger partial charge in [-0.2, -0.15) is 5.10 Å². The number of aromatic nitrogens is 1. The predicted molar refractivity (Wildman–Crippen MR) is 104 cm³/mol. The lowest BCUT2D eigenvalue weighted by molar-refractivity contribution is -0.136. The standard InChI is InChI=1S/C19H21N5O4/c1-13(10-17(25)21-12-14-6-5-9-20-11-14)23-24-19(27)18(26)22-15-7-3-4-8-16(15)28-2/h3-9,11H,10,12H2,1-2H3,(H,21,25)(H,22,26)(H,24,27)/b23-13+. The summed E-state index contributed by atoms with van der Waals surface area (Å²) in [5.74, 6) is -1.70. The van der Waals surface area contributed by atoms with E-state index in [0.717, 1.165) is 5.56 Å². The molecule has 0 aliphatic carbocycles. The van der Waals surface area contributed by atoms with Crippen molar-refractivity contribution in [3.63, 3.8) is 0 Å². The Morgan fingerprint density at radius 2 is 1.89 bits per heavy atom. The van der Waals surface area contributed by atoms with Gasteiger partial charge in [-0.3, -0.25) is 19.4 Å². The predicted octanol–water partition coefficient (Wildman–Crippen LogP) is 1.23. The van der Waals surface area contributed by atoms with Crippen molar-refractivity contribution in [2.45, 2.75) is 19.9 Å². The number of anilines is 1. The lowest BCUT2D eigenvalue weighted by Gasteiger charge is -2.09. The Bertz CT molecular complexity index is 868. The van der Waals surface area contributed by atoms with Gasteiger partial charge in [0.25, 0.3) is 0 Å². The molecule has 3 amide bonds. The lowest BCUT2D eigenvalue weighted by atomic mass is 10.2. The van der Waals surface area contributed by atoms with Crippen LogP contribution in [0.1, 0.15) is 18.9 Å². The number of amides is 3. The smallest absolute Gasteiger partial charge is 0.329 e. The number of para-hydroxylation sites is 2. The first-order valence-electron chi connectivity index (χ1n) is 8.42. The molecule has 3 N–H and O–H groups in total. The van der Waals surface area contributed by atoms with E-state index in [1.165, 1.54) is 7.11 Å². The fraction of sp³-hybridized carbons (Fsp3) is 0.211. The van der Waals surface area contributed by atoms with Gasteiger partial charge in [0, 0.05) is 24.7 Å². The summed E-state index contributed by atoms with van der Waals surface area (Å²) < 4.78 is 5.10.